The number of anilines is 2. The van der Waals surface area contributed by atoms with Gasteiger partial charge in [-0.1, -0.05) is 6.07 Å². The Morgan fingerprint density at radius 2 is 1.91 bits per heavy atom. The number of piperazine rings is 1. The lowest BCUT2D eigenvalue weighted by atomic mass is 10.0. The maximum atomic E-state index is 14.0. The Kier molecular flexibility index (Phi) is 6.52. The quantitative estimate of drug-likeness (QED) is 0.586. The molecule has 2 heterocycles. The molecule has 1 atom stereocenters. The minimum atomic E-state index is -4.78. The third-order valence-electron chi connectivity index (χ3n) is 5.93. The molecule has 4 rings (SSSR count). The van der Waals surface area contributed by atoms with E-state index in [2.05, 4.69) is 20.0 Å². The molecule has 1 aliphatic heterocycles. The van der Waals surface area contributed by atoms with Crippen LogP contribution in [-0.4, -0.2) is 70.6 Å². The molecule has 184 valence electrons. The average molecular weight is 483 g/mol. The van der Waals surface area contributed by atoms with Crippen molar-refractivity contribution < 1.29 is 32.2 Å². The molecule has 0 radical (unpaired) electrons. The summed E-state index contributed by atoms with van der Waals surface area (Å²) in [4.78, 5) is 24.1. The van der Waals surface area contributed by atoms with Crippen LogP contribution in [0.4, 0.5) is 29.2 Å². The van der Waals surface area contributed by atoms with E-state index in [0.717, 1.165) is 6.07 Å². The molecule has 2 N–H and O–H groups in total. The van der Waals surface area contributed by atoms with Crippen molar-refractivity contribution in [2.24, 2.45) is 0 Å². The van der Waals surface area contributed by atoms with Gasteiger partial charge in [-0.3, -0.25) is 4.79 Å². The van der Waals surface area contributed by atoms with E-state index in [4.69, 9.17) is 0 Å². The van der Waals surface area contributed by atoms with Gasteiger partial charge in [-0.05, 0) is 43.0 Å². The van der Waals surface area contributed by atoms with Crippen molar-refractivity contribution in [1.82, 2.24) is 14.9 Å². The van der Waals surface area contributed by atoms with Crippen LogP contribution in [0.2, 0.25) is 0 Å². The number of nitrogens with zero attached hydrogens (tertiary/aromatic N) is 4. The van der Waals surface area contributed by atoms with Gasteiger partial charge in [0.2, 0.25) is 0 Å². The SMILES string of the molecule is Cc1cc(OC(F)(F)F)ccc1C(O)CNc1cc(N2CCN(C(=O)C3(F)CC3)CC2)ncn1. The predicted molar refractivity (Wildman–Crippen MR) is 115 cm³/mol. The molecule has 1 saturated carbocycles. The zero-order valence-corrected chi connectivity index (χ0v) is 18.5. The molecule has 0 bridgehead atoms. The molecule has 1 unspecified atom stereocenters. The van der Waals surface area contributed by atoms with Gasteiger partial charge in [0, 0.05) is 38.8 Å². The zero-order valence-electron chi connectivity index (χ0n) is 18.5. The molecule has 34 heavy (non-hydrogen) atoms. The number of carbonyl (C=O) groups excluding carboxylic acids is 1. The summed E-state index contributed by atoms with van der Waals surface area (Å²) in [6, 6.07) is 5.46. The molecule has 0 spiro atoms. The molecule has 8 nitrogen and oxygen atoms in total. The lowest BCUT2D eigenvalue weighted by Gasteiger charge is -2.36. The van der Waals surface area contributed by atoms with E-state index in [1.807, 2.05) is 4.90 Å². The highest BCUT2D eigenvalue weighted by Crippen LogP contribution is 2.41. The first-order chi connectivity index (χ1) is 16.0. The van der Waals surface area contributed by atoms with Crippen molar-refractivity contribution in [3.8, 4) is 5.75 Å². The second-order valence-electron chi connectivity index (χ2n) is 8.47. The predicted octanol–water partition coefficient (Wildman–Crippen LogP) is 2.98. The number of aliphatic hydroxyl groups is 1. The second kappa shape index (κ2) is 9.24. The van der Waals surface area contributed by atoms with Gasteiger partial charge in [0.1, 0.15) is 23.7 Å². The van der Waals surface area contributed by atoms with Crippen molar-refractivity contribution in [3.63, 3.8) is 0 Å². The van der Waals surface area contributed by atoms with Gasteiger partial charge in [-0.2, -0.15) is 0 Å². The number of amides is 1. The summed E-state index contributed by atoms with van der Waals surface area (Å²) < 4.78 is 55.1. The number of hydrogen-bond donors (Lipinski definition) is 2. The average Bonchev–Trinajstić information content (AvgIpc) is 3.55. The van der Waals surface area contributed by atoms with Gasteiger partial charge in [-0.15, -0.1) is 13.2 Å². The van der Waals surface area contributed by atoms with E-state index in [1.54, 1.807) is 17.9 Å². The highest BCUT2D eigenvalue weighted by molar-refractivity contribution is 5.88. The first-order valence-corrected chi connectivity index (χ1v) is 10.9. The first-order valence-electron chi connectivity index (χ1n) is 10.9. The number of carbonyl (C=O) groups is 1. The molecule has 2 aromatic rings. The third kappa shape index (κ3) is 5.66. The summed E-state index contributed by atoms with van der Waals surface area (Å²) in [7, 11) is 0. The van der Waals surface area contributed by atoms with Gasteiger partial charge in [0.05, 0.1) is 6.10 Å². The highest BCUT2D eigenvalue weighted by atomic mass is 19.4. The van der Waals surface area contributed by atoms with Crippen molar-refractivity contribution in [2.45, 2.75) is 37.9 Å². The Hall–Kier alpha value is -3.15. The number of aromatic nitrogens is 2. The summed E-state index contributed by atoms with van der Waals surface area (Å²) in [6.07, 6.45) is -3.82. The molecule has 1 aromatic carbocycles. The van der Waals surface area contributed by atoms with Gasteiger partial charge in [0.25, 0.3) is 5.91 Å². The fraction of sp³-hybridized carbons (Fsp3) is 0.500. The standard InChI is InChI=1S/C22H25F4N5O3/c1-14-10-15(34-22(24,25)26)2-3-16(14)17(32)12-27-18-11-19(29-13-28-18)30-6-8-31(9-7-30)20(33)21(23)4-5-21/h2-3,10-11,13,17,32H,4-9,12H2,1H3,(H,27,28,29). The largest absolute Gasteiger partial charge is 0.573 e. The highest BCUT2D eigenvalue weighted by Gasteiger charge is 2.53. The van der Waals surface area contributed by atoms with Crippen LogP contribution in [0.15, 0.2) is 30.6 Å². The molecule has 1 amide bonds. The molecular weight excluding hydrogens is 458 g/mol. The van der Waals surface area contributed by atoms with Crippen molar-refractivity contribution in [1.29, 1.82) is 0 Å². The Morgan fingerprint density at radius 1 is 1.21 bits per heavy atom. The number of rotatable bonds is 7. The molecule has 1 aliphatic carbocycles. The number of aryl methyl sites for hydroxylation is 1. The van der Waals surface area contributed by atoms with Crippen LogP contribution in [0.5, 0.6) is 5.75 Å². The number of aliphatic hydroxyl groups excluding tert-OH is 1. The van der Waals surface area contributed by atoms with Crippen LogP contribution in [0.1, 0.15) is 30.1 Å². The van der Waals surface area contributed by atoms with Gasteiger partial charge >= 0.3 is 6.36 Å². The maximum absolute atomic E-state index is 14.0. The van der Waals surface area contributed by atoms with Crippen LogP contribution in [0.25, 0.3) is 0 Å². The molecule has 2 aliphatic rings. The Balaban J connectivity index is 1.32. The monoisotopic (exact) mass is 483 g/mol. The number of nitrogens with one attached hydrogen (secondary N) is 1. The molecular formula is C22H25F4N5O3. The van der Waals surface area contributed by atoms with E-state index >= 15 is 0 Å². The summed E-state index contributed by atoms with van der Waals surface area (Å²) in [6.45, 7) is 3.48. The number of benzene rings is 1. The second-order valence-corrected chi connectivity index (χ2v) is 8.47. The van der Waals surface area contributed by atoms with Crippen LogP contribution < -0.4 is 15.0 Å². The maximum Gasteiger partial charge on any atom is 0.573 e. The number of ether oxygens (including phenoxy) is 1. The first kappa shape index (κ1) is 24.0. The molecule has 1 saturated heterocycles. The van der Waals surface area contributed by atoms with E-state index in [9.17, 15) is 27.5 Å². The van der Waals surface area contributed by atoms with E-state index in [0.29, 0.717) is 61.8 Å². The van der Waals surface area contributed by atoms with Crippen LogP contribution in [-0.2, 0) is 4.79 Å². The van der Waals surface area contributed by atoms with Gasteiger partial charge in [-0.25, -0.2) is 14.4 Å². The van der Waals surface area contributed by atoms with Crippen molar-refractivity contribution in [3.05, 3.63) is 41.7 Å². The third-order valence-corrected chi connectivity index (χ3v) is 5.93. The normalized spacial score (nSPS) is 18.4. The zero-order chi connectivity index (χ0) is 24.5. The van der Waals surface area contributed by atoms with Crippen LogP contribution in [0.3, 0.4) is 0 Å². The molecule has 12 heteroatoms. The number of hydrogen-bond acceptors (Lipinski definition) is 7. The lowest BCUT2D eigenvalue weighted by molar-refractivity contribution is -0.274. The smallest absolute Gasteiger partial charge is 0.406 e. The Labute approximate surface area is 193 Å². The summed E-state index contributed by atoms with van der Waals surface area (Å²) in [5.74, 6) is 0.303. The summed E-state index contributed by atoms with van der Waals surface area (Å²) in [5, 5.41) is 13.5. The van der Waals surface area contributed by atoms with E-state index < -0.39 is 24.0 Å². The lowest BCUT2D eigenvalue weighted by Crippen LogP contribution is -2.51. The van der Waals surface area contributed by atoms with Crippen LogP contribution >= 0.6 is 0 Å². The van der Waals surface area contributed by atoms with Crippen molar-refractivity contribution >= 4 is 17.5 Å². The Morgan fingerprint density at radius 3 is 2.53 bits per heavy atom. The fourth-order valence-electron chi connectivity index (χ4n) is 3.89. The molecule has 2 fully saturated rings. The number of halogens is 4. The van der Waals surface area contributed by atoms with E-state index in [1.165, 1.54) is 18.5 Å². The minimum Gasteiger partial charge on any atom is -0.406 e. The Bertz CT molecular complexity index is 1040. The summed E-state index contributed by atoms with van der Waals surface area (Å²) >= 11 is 0. The van der Waals surface area contributed by atoms with Gasteiger partial charge in [0.15, 0.2) is 5.67 Å². The fourth-order valence-corrected chi connectivity index (χ4v) is 3.89. The minimum absolute atomic E-state index is 0.0671. The summed E-state index contributed by atoms with van der Waals surface area (Å²) in [5.41, 5.74) is -0.759. The van der Waals surface area contributed by atoms with Crippen LogP contribution in [0, 0.1) is 6.92 Å². The van der Waals surface area contributed by atoms with Crippen molar-refractivity contribution in [2.75, 3.05) is 42.9 Å². The number of alkyl halides is 4. The van der Waals surface area contributed by atoms with E-state index in [-0.39, 0.29) is 12.3 Å². The topological polar surface area (TPSA) is 90.8 Å². The molecule has 1 aromatic heterocycles. The van der Waals surface area contributed by atoms with Gasteiger partial charge < -0.3 is 25.0 Å².